The lowest BCUT2D eigenvalue weighted by Crippen LogP contribution is -2.21. The zero-order chi connectivity index (χ0) is 17.3. The Morgan fingerprint density at radius 1 is 1.35 bits per heavy atom. The fourth-order valence-electron chi connectivity index (χ4n) is 2.49. The summed E-state index contributed by atoms with van der Waals surface area (Å²) in [6, 6.07) is 3.67. The summed E-state index contributed by atoms with van der Waals surface area (Å²) in [5.41, 5.74) is 2.95. The van der Waals surface area contributed by atoms with E-state index in [9.17, 15) is 14.9 Å². The number of hydrogen-bond acceptors (Lipinski definition) is 4. The van der Waals surface area contributed by atoms with Gasteiger partial charge in [-0.3, -0.25) is 19.6 Å². The molecule has 0 fully saturated rings. The maximum absolute atomic E-state index is 12.2. The summed E-state index contributed by atoms with van der Waals surface area (Å²) in [4.78, 5) is 22.7. The highest BCUT2D eigenvalue weighted by Crippen LogP contribution is 2.27. The van der Waals surface area contributed by atoms with Gasteiger partial charge in [0.05, 0.1) is 15.6 Å². The van der Waals surface area contributed by atoms with Gasteiger partial charge in [-0.25, -0.2) is 0 Å². The number of amides is 1. The molecule has 2 rings (SSSR count). The Balaban J connectivity index is 2.21. The second kappa shape index (κ2) is 6.37. The number of nitro groups is 1. The molecule has 1 N–H and O–H groups in total. The summed E-state index contributed by atoms with van der Waals surface area (Å²) in [5, 5.41) is 18.2. The lowest BCUT2D eigenvalue weighted by molar-refractivity contribution is -0.386. The largest absolute Gasteiger partial charge is 0.323 e. The fourth-order valence-corrected chi connectivity index (χ4v) is 2.86. The predicted molar refractivity (Wildman–Crippen MR) is 87.9 cm³/mol. The van der Waals surface area contributed by atoms with E-state index in [4.69, 9.17) is 11.6 Å². The van der Waals surface area contributed by atoms with Crippen LogP contribution in [0.1, 0.15) is 22.5 Å². The topological polar surface area (TPSA) is 90.1 Å². The van der Waals surface area contributed by atoms with Crippen LogP contribution >= 0.6 is 11.6 Å². The van der Waals surface area contributed by atoms with Gasteiger partial charge >= 0.3 is 5.69 Å². The maximum atomic E-state index is 12.2. The van der Waals surface area contributed by atoms with Gasteiger partial charge in [0.25, 0.3) is 0 Å². The van der Waals surface area contributed by atoms with Crippen LogP contribution in [-0.2, 0) is 11.3 Å². The molecule has 2 aromatic rings. The highest BCUT2D eigenvalue weighted by atomic mass is 35.5. The predicted octanol–water partition coefficient (Wildman–Crippen LogP) is 3.32. The van der Waals surface area contributed by atoms with Crippen LogP contribution < -0.4 is 5.32 Å². The number of benzene rings is 1. The maximum Gasteiger partial charge on any atom is 0.312 e. The molecule has 0 spiro atoms. The molecule has 122 valence electrons. The third-order valence-corrected chi connectivity index (χ3v) is 3.81. The number of nitrogens with one attached hydrogen (secondary N) is 1. The van der Waals surface area contributed by atoms with E-state index in [1.807, 2.05) is 19.9 Å². The third kappa shape index (κ3) is 3.50. The molecular weight excluding hydrogens is 320 g/mol. The number of carbonyl (C=O) groups is 1. The van der Waals surface area contributed by atoms with Crippen LogP contribution in [0, 0.1) is 37.8 Å². The number of aryl methyl sites for hydroxylation is 3. The van der Waals surface area contributed by atoms with Crippen LogP contribution in [0.25, 0.3) is 0 Å². The number of aromatic nitrogens is 2. The minimum absolute atomic E-state index is 0.0673. The first kappa shape index (κ1) is 17.0. The third-order valence-electron chi connectivity index (χ3n) is 3.52. The van der Waals surface area contributed by atoms with E-state index in [0.29, 0.717) is 16.4 Å². The van der Waals surface area contributed by atoms with E-state index in [1.54, 1.807) is 19.9 Å². The van der Waals surface area contributed by atoms with Gasteiger partial charge in [-0.15, -0.1) is 0 Å². The zero-order valence-electron chi connectivity index (χ0n) is 13.3. The Kier molecular flexibility index (Phi) is 4.70. The van der Waals surface area contributed by atoms with Gasteiger partial charge in [0.15, 0.2) is 0 Å². The van der Waals surface area contributed by atoms with E-state index in [0.717, 1.165) is 11.1 Å². The van der Waals surface area contributed by atoms with Gasteiger partial charge < -0.3 is 5.32 Å². The summed E-state index contributed by atoms with van der Waals surface area (Å²) in [7, 11) is 0. The molecule has 0 aliphatic heterocycles. The zero-order valence-corrected chi connectivity index (χ0v) is 14.1. The molecule has 23 heavy (non-hydrogen) atoms. The average Bonchev–Trinajstić information content (AvgIpc) is 2.68. The summed E-state index contributed by atoms with van der Waals surface area (Å²) in [5.74, 6) is -0.348. The number of carbonyl (C=O) groups excluding carboxylic acids is 1. The standard InChI is InChI=1S/C15H17ClN4O3/c1-8-5-9(2)14(12(16)6-8)17-13(21)7-19-11(4)15(20(22)23)10(3)18-19/h5-6H,7H2,1-4H3,(H,17,21). The van der Waals surface area contributed by atoms with E-state index in [1.165, 1.54) is 4.68 Å². The highest BCUT2D eigenvalue weighted by Gasteiger charge is 2.23. The Bertz CT molecular complexity index is 775. The van der Waals surface area contributed by atoms with Gasteiger partial charge in [0.2, 0.25) is 5.91 Å². The summed E-state index contributed by atoms with van der Waals surface area (Å²) >= 11 is 6.16. The van der Waals surface area contributed by atoms with Crippen molar-refractivity contribution in [3.63, 3.8) is 0 Å². The molecule has 0 saturated heterocycles. The summed E-state index contributed by atoms with van der Waals surface area (Å²) in [6.45, 7) is 6.75. The van der Waals surface area contributed by atoms with Gasteiger partial charge in [-0.1, -0.05) is 17.7 Å². The molecular formula is C15H17ClN4O3. The first-order valence-corrected chi connectivity index (χ1v) is 7.33. The van der Waals surface area contributed by atoms with E-state index in [2.05, 4.69) is 10.4 Å². The molecule has 8 heteroatoms. The van der Waals surface area contributed by atoms with Crippen LogP contribution in [0.15, 0.2) is 12.1 Å². The van der Waals surface area contributed by atoms with Crippen LogP contribution in [-0.4, -0.2) is 20.6 Å². The Hall–Kier alpha value is -2.41. The van der Waals surface area contributed by atoms with Crippen LogP contribution in [0.3, 0.4) is 0 Å². The molecule has 0 radical (unpaired) electrons. The molecule has 1 heterocycles. The molecule has 0 unspecified atom stereocenters. The van der Waals surface area contributed by atoms with Crippen LogP contribution in [0.2, 0.25) is 5.02 Å². The highest BCUT2D eigenvalue weighted by molar-refractivity contribution is 6.34. The molecule has 1 aromatic carbocycles. The van der Waals surface area contributed by atoms with E-state index in [-0.39, 0.29) is 23.8 Å². The summed E-state index contributed by atoms with van der Waals surface area (Å²) < 4.78 is 1.32. The van der Waals surface area contributed by atoms with Crippen molar-refractivity contribution in [2.75, 3.05) is 5.32 Å². The lowest BCUT2D eigenvalue weighted by atomic mass is 10.1. The summed E-state index contributed by atoms with van der Waals surface area (Å²) in [6.07, 6.45) is 0. The molecule has 0 atom stereocenters. The Morgan fingerprint density at radius 2 is 2.00 bits per heavy atom. The van der Waals surface area contributed by atoms with Gasteiger partial charge in [0.1, 0.15) is 17.9 Å². The fraction of sp³-hybridized carbons (Fsp3) is 0.333. The number of rotatable bonds is 4. The van der Waals surface area contributed by atoms with E-state index < -0.39 is 4.92 Å². The number of hydrogen-bond donors (Lipinski definition) is 1. The van der Waals surface area contributed by atoms with Crippen LogP contribution in [0.5, 0.6) is 0 Å². The molecule has 0 aliphatic carbocycles. The Labute approximate surface area is 138 Å². The van der Waals surface area contributed by atoms with Gasteiger partial charge in [0, 0.05) is 0 Å². The van der Waals surface area contributed by atoms with Crippen molar-refractivity contribution in [3.05, 3.63) is 49.8 Å². The van der Waals surface area contributed by atoms with Crippen molar-refractivity contribution in [2.24, 2.45) is 0 Å². The van der Waals surface area contributed by atoms with Crippen molar-refractivity contribution >= 4 is 28.9 Å². The number of halogens is 1. The smallest absolute Gasteiger partial charge is 0.312 e. The quantitative estimate of drug-likeness (QED) is 0.685. The normalized spacial score (nSPS) is 10.7. The minimum Gasteiger partial charge on any atom is -0.323 e. The van der Waals surface area contributed by atoms with Crippen molar-refractivity contribution < 1.29 is 9.72 Å². The first-order valence-electron chi connectivity index (χ1n) is 6.95. The molecule has 1 amide bonds. The van der Waals surface area contributed by atoms with Crippen LogP contribution in [0.4, 0.5) is 11.4 Å². The molecule has 1 aromatic heterocycles. The molecule has 0 saturated carbocycles. The molecule has 7 nitrogen and oxygen atoms in total. The SMILES string of the molecule is Cc1cc(C)c(NC(=O)Cn2nc(C)c([N+](=O)[O-])c2C)c(Cl)c1. The second-order valence-corrected chi connectivity index (χ2v) is 5.83. The number of nitrogens with zero attached hydrogens (tertiary/aromatic N) is 3. The van der Waals surface area contributed by atoms with Crippen molar-refractivity contribution in [1.82, 2.24) is 9.78 Å². The van der Waals surface area contributed by atoms with Gasteiger partial charge in [-0.2, -0.15) is 5.10 Å². The minimum atomic E-state index is -0.493. The van der Waals surface area contributed by atoms with Crippen molar-refractivity contribution in [3.8, 4) is 0 Å². The van der Waals surface area contributed by atoms with Crippen molar-refractivity contribution in [1.29, 1.82) is 0 Å². The average molecular weight is 337 g/mol. The molecule has 0 aliphatic rings. The monoisotopic (exact) mass is 336 g/mol. The van der Waals surface area contributed by atoms with Crippen molar-refractivity contribution in [2.45, 2.75) is 34.2 Å². The van der Waals surface area contributed by atoms with E-state index >= 15 is 0 Å². The Morgan fingerprint density at radius 3 is 2.52 bits per heavy atom. The lowest BCUT2D eigenvalue weighted by Gasteiger charge is -2.12. The number of anilines is 1. The molecule has 0 bridgehead atoms. The first-order chi connectivity index (χ1) is 10.7. The second-order valence-electron chi connectivity index (χ2n) is 5.42. The van der Waals surface area contributed by atoms with Gasteiger partial charge in [-0.05, 0) is 44.9 Å².